The molecule has 4 nitrogen and oxygen atoms in total. The smallest absolute Gasteiger partial charge is 0.235 e. The highest BCUT2D eigenvalue weighted by Gasteiger charge is 2.45. The Balaban J connectivity index is 2.11. The van der Waals surface area contributed by atoms with Crippen molar-refractivity contribution in [2.45, 2.75) is 39.2 Å². The number of thiocarbonyl (C=S) groups is 1. The number of thiazole rings is 1. The molecule has 1 aliphatic rings. The lowest BCUT2D eigenvalue weighted by atomic mass is 9.84. The monoisotopic (exact) mass is 297 g/mol. The molecule has 0 spiro atoms. The highest BCUT2D eigenvalue weighted by Crippen LogP contribution is 2.40. The van der Waals surface area contributed by atoms with Gasteiger partial charge in [0.2, 0.25) is 5.91 Å². The standard InChI is InChI=1S/C13H19N3OS2/c1-9-15-10(8-19-9)7-16(2)12(17)13(11(14)18)5-3-4-6-13/h8H,3-7H2,1-2H3,(H2,14,18). The number of hydrogen-bond acceptors (Lipinski definition) is 4. The Morgan fingerprint density at radius 3 is 2.68 bits per heavy atom. The lowest BCUT2D eigenvalue weighted by molar-refractivity contribution is -0.137. The topological polar surface area (TPSA) is 59.2 Å². The second-order valence-electron chi connectivity index (χ2n) is 5.17. The van der Waals surface area contributed by atoms with Crippen molar-refractivity contribution in [3.63, 3.8) is 0 Å². The zero-order valence-electron chi connectivity index (χ0n) is 11.3. The minimum atomic E-state index is -0.616. The van der Waals surface area contributed by atoms with Crippen molar-refractivity contribution in [3.05, 3.63) is 16.1 Å². The van der Waals surface area contributed by atoms with E-state index in [0.717, 1.165) is 36.4 Å². The molecule has 1 amide bonds. The Morgan fingerprint density at radius 1 is 1.58 bits per heavy atom. The predicted octanol–water partition coefficient (Wildman–Crippen LogP) is 2.26. The van der Waals surface area contributed by atoms with Crippen LogP contribution in [0.25, 0.3) is 0 Å². The fourth-order valence-corrected chi connectivity index (χ4v) is 3.60. The van der Waals surface area contributed by atoms with Crippen LogP contribution in [-0.4, -0.2) is 27.8 Å². The molecular weight excluding hydrogens is 278 g/mol. The van der Waals surface area contributed by atoms with E-state index in [-0.39, 0.29) is 5.91 Å². The van der Waals surface area contributed by atoms with Gasteiger partial charge >= 0.3 is 0 Å². The molecule has 1 saturated carbocycles. The zero-order valence-corrected chi connectivity index (χ0v) is 12.9. The summed E-state index contributed by atoms with van der Waals surface area (Å²) in [6.45, 7) is 2.48. The molecule has 1 aliphatic carbocycles. The quantitative estimate of drug-likeness (QED) is 0.866. The molecule has 6 heteroatoms. The Morgan fingerprint density at radius 2 is 2.21 bits per heavy atom. The van der Waals surface area contributed by atoms with Crippen LogP contribution in [-0.2, 0) is 11.3 Å². The molecule has 0 bridgehead atoms. The summed E-state index contributed by atoms with van der Waals surface area (Å²) >= 11 is 6.74. The van der Waals surface area contributed by atoms with E-state index in [2.05, 4.69) is 4.98 Å². The van der Waals surface area contributed by atoms with Gasteiger partial charge in [-0.05, 0) is 19.8 Å². The predicted molar refractivity (Wildman–Crippen MR) is 81.0 cm³/mol. The van der Waals surface area contributed by atoms with Crippen molar-refractivity contribution < 1.29 is 4.79 Å². The number of nitrogens with zero attached hydrogens (tertiary/aromatic N) is 2. The Hall–Kier alpha value is -1.01. The van der Waals surface area contributed by atoms with Crippen LogP contribution >= 0.6 is 23.6 Å². The van der Waals surface area contributed by atoms with E-state index in [0.29, 0.717) is 11.5 Å². The van der Waals surface area contributed by atoms with E-state index in [1.807, 2.05) is 12.3 Å². The van der Waals surface area contributed by atoms with E-state index < -0.39 is 5.41 Å². The van der Waals surface area contributed by atoms with Gasteiger partial charge in [0.15, 0.2) is 0 Å². The molecule has 2 N–H and O–H groups in total. The number of aryl methyl sites for hydroxylation is 1. The molecule has 1 aromatic heterocycles. The van der Waals surface area contributed by atoms with Crippen LogP contribution < -0.4 is 5.73 Å². The number of nitrogens with two attached hydrogens (primary N) is 1. The van der Waals surface area contributed by atoms with Crippen LogP contribution in [0.15, 0.2) is 5.38 Å². The third-order valence-electron chi connectivity index (χ3n) is 3.75. The van der Waals surface area contributed by atoms with Crippen molar-refractivity contribution in [3.8, 4) is 0 Å². The first-order valence-electron chi connectivity index (χ1n) is 6.42. The van der Waals surface area contributed by atoms with E-state index in [9.17, 15) is 4.79 Å². The van der Waals surface area contributed by atoms with Crippen LogP contribution in [0.3, 0.4) is 0 Å². The van der Waals surface area contributed by atoms with Crippen molar-refractivity contribution >= 4 is 34.5 Å². The summed E-state index contributed by atoms with van der Waals surface area (Å²) in [6.07, 6.45) is 3.60. The van der Waals surface area contributed by atoms with E-state index in [4.69, 9.17) is 18.0 Å². The molecule has 1 aromatic rings. The fourth-order valence-electron chi connectivity index (χ4n) is 2.71. The van der Waals surface area contributed by atoms with Crippen molar-refractivity contribution in [1.29, 1.82) is 0 Å². The number of aromatic nitrogens is 1. The van der Waals surface area contributed by atoms with Gasteiger partial charge in [-0.2, -0.15) is 0 Å². The van der Waals surface area contributed by atoms with E-state index in [1.54, 1.807) is 23.3 Å². The highest BCUT2D eigenvalue weighted by molar-refractivity contribution is 7.80. The van der Waals surface area contributed by atoms with Crippen LogP contribution in [0.2, 0.25) is 0 Å². The van der Waals surface area contributed by atoms with Crippen LogP contribution in [0, 0.1) is 12.3 Å². The fraction of sp³-hybridized carbons (Fsp3) is 0.615. The van der Waals surface area contributed by atoms with Gasteiger partial charge in [-0.25, -0.2) is 4.98 Å². The van der Waals surface area contributed by atoms with Gasteiger partial charge < -0.3 is 10.6 Å². The second kappa shape index (κ2) is 5.54. The summed E-state index contributed by atoms with van der Waals surface area (Å²) in [5.74, 6) is 0.0446. The molecule has 0 aromatic carbocycles. The summed E-state index contributed by atoms with van der Waals surface area (Å²) < 4.78 is 0. The minimum Gasteiger partial charge on any atom is -0.392 e. The second-order valence-corrected chi connectivity index (χ2v) is 6.67. The van der Waals surface area contributed by atoms with Gasteiger partial charge in [0, 0.05) is 12.4 Å². The van der Waals surface area contributed by atoms with Gasteiger partial charge in [-0.15, -0.1) is 11.3 Å². The molecule has 104 valence electrons. The van der Waals surface area contributed by atoms with Crippen molar-refractivity contribution in [2.75, 3.05) is 7.05 Å². The third kappa shape index (κ3) is 2.79. The largest absolute Gasteiger partial charge is 0.392 e. The lowest BCUT2D eigenvalue weighted by Gasteiger charge is -2.31. The first-order valence-corrected chi connectivity index (χ1v) is 7.71. The van der Waals surface area contributed by atoms with Gasteiger partial charge in [-0.3, -0.25) is 4.79 Å². The van der Waals surface area contributed by atoms with Gasteiger partial charge in [-0.1, -0.05) is 25.1 Å². The number of amides is 1. The number of carbonyl (C=O) groups is 1. The molecule has 0 unspecified atom stereocenters. The average Bonchev–Trinajstić information content (AvgIpc) is 2.98. The molecule has 0 radical (unpaired) electrons. The zero-order chi connectivity index (χ0) is 14.0. The highest BCUT2D eigenvalue weighted by atomic mass is 32.1. The first-order chi connectivity index (χ1) is 8.95. The molecule has 0 saturated heterocycles. The summed E-state index contributed by atoms with van der Waals surface area (Å²) in [6, 6.07) is 0. The number of rotatable bonds is 4. The van der Waals surface area contributed by atoms with E-state index in [1.165, 1.54) is 0 Å². The Kier molecular flexibility index (Phi) is 4.20. The number of carbonyl (C=O) groups excluding carboxylic acids is 1. The molecule has 0 atom stereocenters. The summed E-state index contributed by atoms with van der Waals surface area (Å²) in [7, 11) is 1.80. The lowest BCUT2D eigenvalue weighted by Crippen LogP contribution is -2.47. The van der Waals surface area contributed by atoms with Gasteiger partial charge in [0.05, 0.1) is 27.6 Å². The normalized spacial score (nSPS) is 17.4. The minimum absolute atomic E-state index is 0.0446. The summed E-state index contributed by atoms with van der Waals surface area (Å²) in [5, 5.41) is 3.00. The van der Waals surface area contributed by atoms with Crippen LogP contribution in [0.1, 0.15) is 36.4 Å². The maximum atomic E-state index is 12.7. The summed E-state index contributed by atoms with van der Waals surface area (Å²) in [4.78, 5) is 19.1. The van der Waals surface area contributed by atoms with Crippen LogP contribution in [0.5, 0.6) is 0 Å². The van der Waals surface area contributed by atoms with Crippen molar-refractivity contribution in [2.24, 2.45) is 11.1 Å². The summed E-state index contributed by atoms with van der Waals surface area (Å²) in [5.41, 5.74) is 6.15. The molecule has 0 aliphatic heterocycles. The maximum absolute atomic E-state index is 12.7. The molecular formula is C13H19N3OS2. The average molecular weight is 297 g/mol. The van der Waals surface area contributed by atoms with E-state index >= 15 is 0 Å². The van der Waals surface area contributed by atoms with Crippen molar-refractivity contribution in [1.82, 2.24) is 9.88 Å². The molecule has 19 heavy (non-hydrogen) atoms. The number of hydrogen-bond donors (Lipinski definition) is 1. The molecule has 1 heterocycles. The third-order valence-corrected chi connectivity index (χ3v) is 4.96. The maximum Gasteiger partial charge on any atom is 0.235 e. The van der Waals surface area contributed by atoms with Gasteiger partial charge in [0.1, 0.15) is 0 Å². The Bertz CT molecular complexity index is 492. The SMILES string of the molecule is Cc1nc(CN(C)C(=O)C2(C(N)=S)CCCC2)cs1. The Labute approximate surface area is 123 Å². The molecule has 2 rings (SSSR count). The van der Waals surface area contributed by atoms with Crippen LogP contribution in [0.4, 0.5) is 0 Å². The first kappa shape index (κ1) is 14.4. The molecule has 1 fully saturated rings. The van der Waals surface area contributed by atoms with Gasteiger partial charge in [0.25, 0.3) is 0 Å².